The van der Waals surface area contributed by atoms with Crippen molar-refractivity contribution in [1.29, 1.82) is 0 Å². The molecule has 0 aliphatic heterocycles. The van der Waals surface area contributed by atoms with Crippen molar-refractivity contribution in [2.24, 2.45) is 0 Å². The number of hydrogen-bond acceptors (Lipinski definition) is 10. The topological polar surface area (TPSA) is 169 Å². The molecule has 0 radical (unpaired) electrons. The molecule has 0 heterocycles. The molecule has 0 spiro atoms. The summed E-state index contributed by atoms with van der Waals surface area (Å²) in [5.41, 5.74) is 0. The molecule has 47 heavy (non-hydrogen) atoms. The number of carbonyl (C=O) groups is 2. The van der Waals surface area contributed by atoms with Gasteiger partial charge < -0.3 is 29.7 Å². The number of ether oxygens (including phenoxy) is 2. The molecule has 11 nitrogen and oxygen atoms in total. The van der Waals surface area contributed by atoms with E-state index in [1.165, 1.54) is 38.5 Å². The van der Waals surface area contributed by atoms with Gasteiger partial charge in [0, 0.05) is 26.1 Å². The van der Waals surface area contributed by atoms with Crippen LogP contribution in [0.2, 0.25) is 0 Å². The van der Waals surface area contributed by atoms with Gasteiger partial charge in [-0.25, -0.2) is 4.57 Å². The summed E-state index contributed by atoms with van der Waals surface area (Å²) in [7, 11) is -4.46. The van der Waals surface area contributed by atoms with Crippen molar-refractivity contribution in [3.63, 3.8) is 0 Å². The average Bonchev–Trinajstić information content (AvgIpc) is 3.05. The van der Waals surface area contributed by atoms with E-state index in [1.807, 2.05) is 0 Å². The fraction of sp³-hybridized carbons (Fsp3) is 0.886. The number of phosphoric acid groups is 1. The summed E-state index contributed by atoms with van der Waals surface area (Å²) in [6.07, 6.45) is 26.8. The molecule has 2 atom stereocenters. The minimum atomic E-state index is -4.46. The van der Waals surface area contributed by atoms with Crippen LogP contribution in [0, 0.1) is 0 Å². The Morgan fingerprint density at radius 1 is 0.532 bits per heavy atom. The minimum absolute atomic E-state index is 0.181. The largest absolute Gasteiger partial charge is 0.472 e. The molecule has 0 saturated carbocycles. The van der Waals surface area contributed by atoms with Crippen LogP contribution < -0.4 is 0 Å². The molecule has 0 bridgehead atoms. The highest BCUT2D eigenvalue weighted by Crippen LogP contribution is 2.43. The Kier molecular flexibility index (Phi) is 33.6. The molecule has 1 unspecified atom stereocenters. The molecule has 0 amide bonds. The lowest BCUT2D eigenvalue weighted by molar-refractivity contribution is -0.161. The van der Waals surface area contributed by atoms with E-state index in [0.29, 0.717) is 12.8 Å². The second kappa shape index (κ2) is 34.5. The Balaban J connectivity index is 4.22. The van der Waals surface area contributed by atoms with Gasteiger partial charge in [-0.3, -0.25) is 18.6 Å². The number of unbranched alkanes of at least 4 members (excludes halogenated alkanes) is 19. The van der Waals surface area contributed by atoms with Crippen LogP contribution in [0.3, 0.4) is 0 Å². The van der Waals surface area contributed by atoms with Crippen LogP contribution >= 0.6 is 7.82 Å². The van der Waals surface area contributed by atoms with Gasteiger partial charge in [-0.15, -0.1) is 0 Å². The monoisotopic (exact) mass is 694 g/mol. The summed E-state index contributed by atoms with van der Waals surface area (Å²) in [5.74, 6) is -0.919. The van der Waals surface area contributed by atoms with E-state index in [0.717, 1.165) is 89.9 Å². The Labute approximate surface area is 284 Å². The van der Waals surface area contributed by atoms with Crippen LogP contribution in [0.5, 0.6) is 0 Å². The molecular weight excluding hydrogens is 627 g/mol. The van der Waals surface area contributed by atoms with Crippen molar-refractivity contribution < 1.29 is 52.9 Å². The number of aliphatic hydroxyl groups is 3. The highest BCUT2D eigenvalue weighted by molar-refractivity contribution is 7.47. The van der Waals surface area contributed by atoms with Gasteiger partial charge in [0.15, 0.2) is 6.10 Å². The molecule has 4 N–H and O–H groups in total. The van der Waals surface area contributed by atoms with E-state index >= 15 is 0 Å². The number of allylic oxidation sites excluding steroid dienone is 2. The first-order valence-electron chi connectivity index (χ1n) is 18.3. The molecule has 278 valence electrons. The van der Waals surface area contributed by atoms with E-state index in [-0.39, 0.29) is 39.3 Å². The quantitative estimate of drug-likeness (QED) is 0.0222. The normalized spacial score (nSPS) is 13.5. The maximum Gasteiger partial charge on any atom is 0.472 e. The number of rotatable bonds is 36. The highest BCUT2D eigenvalue weighted by Gasteiger charge is 2.26. The van der Waals surface area contributed by atoms with Crippen LogP contribution in [0.1, 0.15) is 154 Å². The number of aliphatic hydroxyl groups excluding tert-OH is 3. The van der Waals surface area contributed by atoms with Crippen molar-refractivity contribution in [3.05, 3.63) is 12.2 Å². The Morgan fingerprint density at radius 2 is 0.957 bits per heavy atom. The second-order valence-electron chi connectivity index (χ2n) is 12.2. The first-order chi connectivity index (χ1) is 22.8. The zero-order valence-electron chi connectivity index (χ0n) is 29.0. The van der Waals surface area contributed by atoms with E-state index in [2.05, 4.69) is 16.7 Å². The lowest BCUT2D eigenvalue weighted by atomic mass is 10.0. The SMILES string of the molecule is O=C(CCCCCCCCCCCCCCO)OC[C@H](COP(=O)(O)OCCO)OC(=O)CCCCCCC/C=C\CCCCCO. The van der Waals surface area contributed by atoms with Gasteiger partial charge in [0.05, 0.1) is 19.8 Å². The molecule has 12 heteroatoms. The summed E-state index contributed by atoms with van der Waals surface area (Å²) in [5, 5.41) is 26.4. The molecule has 0 aromatic carbocycles. The summed E-state index contributed by atoms with van der Waals surface area (Å²) < 4.78 is 32.2. The molecule has 0 aliphatic carbocycles. The maximum atomic E-state index is 12.5. The highest BCUT2D eigenvalue weighted by atomic mass is 31.2. The van der Waals surface area contributed by atoms with Gasteiger partial charge in [0.2, 0.25) is 0 Å². The lowest BCUT2D eigenvalue weighted by Crippen LogP contribution is -2.29. The van der Waals surface area contributed by atoms with Gasteiger partial charge in [-0.2, -0.15) is 0 Å². The third-order valence-corrected chi connectivity index (χ3v) is 8.72. The predicted octanol–water partition coefficient (Wildman–Crippen LogP) is 7.47. The lowest BCUT2D eigenvalue weighted by Gasteiger charge is -2.19. The summed E-state index contributed by atoms with van der Waals surface area (Å²) in [6, 6.07) is 0. The number of hydrogen-bond donors (Lipinski definition) is 4. The number of esters is 2. The van der Waals surface area contributed by atoms with E-state index in [9.17, 15) is 19.0 Å². The molecule has 0 aliphatic rings. The van der Waals surface area contributed by atoms with Gasteiger partial charge in [0.25, 0.3) is 0 Å². The Bertz CT molecular complexity index is 793. The molecular formula is C35H67O11P. The first kappa shape index (κ1) is 45.7. The van der Waals surface area contributed by atoms with Gasteiger partial charge in [-0.1, -0.05) is 102 Å². The van der Waals surface area contributed by atoms with Crippen LogP contribution in [0.25, 0.3) is 0 Å². The van der Waals surface area contributed by atoms with Gasteiger partial charge >= 0.3 is 19.8 Å². The van der Waals surface area contributed by atoms with Crippen LogP contribution in [0.15, 0.2) is 12.2 Å². The van der Waals surface area contributed by atoms with Crippen LogP contribution in [-0.2, 0) is 32.7 Å². The smallest absolute Gasteiger partial charge is 0.462 e. The number of carbonyl (C=O) groups excluding carboxylic acids is 2. The summed E-state index contributed by atoms with van der Waals surface area (Å²) in [6.45, 7) is -1.08. The number of phosphoric ester groups is 1. The van der Waals surface area contributed by atoms with Crippen molar-refractivity contribution in [2.75, 3.05) is 39.6 Å². The fourth-order valence-corrected chi connectivity index (χ4v) is 5.73. The zero-order chi connectivity index (χ0) is 34.7. The van der Waals surface area contributed by atoms with Crippen molar-refractivity contribution in [2.45, 2.75) is 160 Å². The molecule has 0 aromatic rings. The minimum Gasteiger partial charge on any atom is -0.462 e. The van der Waals surface area contributed by atoms with Crippen molar-refractivity contribution in [1.82, 2.24) is 0 Å². The van der Waals surface area contributed by atoms with Gasteiger partial charge in [0.1, 0.15) is 6.61 Å². The fourth-order valence-electron chi connectivity index (χ4n) is 4.99. The first-order valence-corrected chi connectivity index (χ1v) is 19.8. The third kappa shape index (κ3) is 34.3. The Morgan fingerprint density at radius 3 is 1.45 bits per heavy atom. The van der Waals surface area contributed by atoms with E-state index in [4.69, 9.17) is 29.3 Å². The maximum absolute atomic E-state index is 12.5. The predicted molar refractivity (Wildman–Crippen MR) is 184 cm³/mol. The molecule has 0 aromatic heterocycles. The van der Waals surface area contributed by atoms with E-state index in [1.54, 1.807) is 0 Å². The van der Waals surface area contributed by atoms with Crippen molar-refractivity contribution in [3.8, 4) is 0 Å². The molecule has 0 saturated heterocycles. The average molecular weight is 695 g/mol. The second-order valence-corrected chi connectivity index (χ2v) is 13.6. The molecule has 0 rings (SSSR count). The third-order valence-electron chi connectivity index (χ3n) is 7.73. The zero-order valence-corrected chi connectivity index (χ0v) is 29.9. The summed E-state index contributed by atoms with van der Waals surface area (Å²) in [4.78, 5) is 34.5. The molecule has 0 fully saturated rings. The standard InChI is InChI=1S/C35H67O11P/c36-27-23-19-15-11-7-3-1-5-9-13-17-21-25-34(39)43-31-33(32-45-47(41,42)44-30-29-38)46-35(40)26-22-18-14-10-6-2-4-8-12-16-20-24-28-37/h4,8,33,36-38H,1-3,5-7,9-32H2,(H,41,42)/b8-4-/t33-/m1/s1. The Hall–Kier alpha value is -1.33. The summed E-state index contributed by atoms with van der Waals surface area (Å²) >= 11 is 0. The van der Waals surface area contributed by atoms with Crippen molar-refractivity contribution >= 4 is 19.8 Å². The van der Waals surface area contributed by atoms with Crippen LogP contribution in [0.4, 0.5) is 0 Å². The van der Waals surface area contributed by atoms with E-state index < -0.39 is 39.1 Å². The van der Waals surface area contributed by atoms with Gasteiger partial charge in [-0.05, 0) is 51.4 Å². The van der Waals surface area contributed by atoms with Crippen LogP contribution in [-0.4, -0.2) is 77.9 Å².